The largest absolute Gasteiger partial charge is 0.341 e. The van der Waals surface area contributed by atoms with Crippen molar-refractivity contribution in [2.75, 3.05) is 18.8 Å². The Hall–Kier alpha value is -0.220. The monoisotopic (exact) mass is 244 g/mol. The first-order chi connectivity index (χ1) is 7.67. The smallest absolute Gasteiger partial charge is 0.224 e. The zero-order valence-corrected chi connectivity index (χ0v) is 11.3. The molecule has 1 aliphatic heterocycles. The van der Waals surface area contributed by atoms with Crippen LogP contribution in [0.5, 0.6) is 0 Å². The van der Waals surface area contributed by atoms with Crippen LogP contribution in [0.25, 0.3) is 0 Å². The van der Waals surface area contributed by atoms with Gasteiger partial charge in [-0.1, -0.05) is 20.3 Å². The van der Waals surface area contributed by atoms with Crippen molar-refractivity contribution in [2.24, 2.45) is 5.73 Å². The minimum Gasteiger partial charge on any atom is -0.341 e. The molecule has 94 valence electrons. The fraction of sp³-hybridized carbons (Fsp3) is 0.917. The quantitative estimate of drug-likeness (QED) is 0.803. The lowest BCUT2D eigenvalue weighted by atomic mass is 10.1. The van der Waals surface area contributed by atoms with Crippen molar-refractivity contribution in [2.45, 2.75) is 50.8 Å². The molecule has 2 unspecified atom stereocenters. The lowest BCUT2D eigenvalue weighted by molar-refractivity contribution is -0.131. The van der Waals surface area contributed by atoms with E-state index in [2.05, 4.69) is 13.8 Å². The van der Waals surface area contributed by atoms with Crippen LogP contribution in [0, 0.1) is 0 Å². The minimum atomic E-state index is 0.0483. The molecule has 0 aliphatic carbocycles. The van der Waals surface area contributed by atoms with Crippen LogP contribution < -0.4 is 5.73 Å². The van der Waals surface area contributed by atoms with E-state index in [1.807, 2.05) is 16.7 Å². The number of carbonyl (C=O) groups is 1. The molecule has 16 heavy (non-hydrogen) atoms. The maximum Gasteiger partial charge on any atom is 0.224 e. The summed E-state index contributed by atoms with van der Waals surface area (Å²) in [4.78, 5) is 14.0. The summed E-state index contributed by atoms with van der Waals surface area (Å²) < 4.78 is 0. The molecule has 2 N–H and O–H groups in total. The van der Waals surface area contributed by atoms with E-state index in [1.54, 1.807) is 0 Å². The van der Waals surface area contributed by atoms with Gasteiger partial charge in [0.25, 0.3) is 0 Å². The van der Waals surface area contributed by atoms with Crippen LogP contribution in [-0.2, 0) is 4.79 Å². The summed E-state index contributed by atoms with van der Waals surface area (Å²) in [5.41, 5.74) is 5.91. The normalized spacial score (nSPS) is 23.2. The number of rotatable bonds is 5. The molecule has 1 aliphatic rings. The fourth-order valence-electron chi connectivity index (χ4n) is 2.02. The molecule has 1 amide bonds. The standard InChI is InChI=1S/C12H24N2OS/c1-3-5-10(13)8-12(15)14-6-7-16-11(4-2)9-14/h10-11H,3-9,13H2,1-2H3. The van der Waals surface area contributed by atoms with Crippen LogP contribution in [-0.4, -0.2) is 40.9 Å². The summed E-state index contributed by atoms with van der Waals surface area (Å²) in [7, 11) is 0. The van der Waals surface area contributed by atoms with Crippen LogP contribution in [0.4, 0.5) is 0 Å². The summed E-state index contributed by atoms with van der Waals surface area (Å²) in [6.07, 6.45) is 3.68. The van der Waals surface area contributed by atoms with E-state index in [9.17, 15) is 4.79 Å². The molecule has 0 spiro atoms. The zero-order chi connectivity index (χ0) is 12.0. The van der Waals surface area contributed by atoms with Gasteiger partial charge in [0.15, 0.2) is 0 Å². The Morgan fingerprint density at radius 1 is 1.56 bits per heavy atom. The number of carbonyl (C=O) groups excluding carboxylic acids is 1. The molecule has 0 aromatic carbocycles. The molecule has 0 radical (unpaired) electrons. The Bertz CT molecular complexity index is 223. The van der Waals surface area contributed by atoms with E-state index >= 15 is 0 Å². The molecule has 1 rings (SSSR count). The third kappa shape index (κ3) is 4.34. The lowest BCUT2D eigenvalue weighted by Crippen LogP contribution is -2.43. The van der Waals surface area contributed by atoms with Gasteiger partial charge in [0.05, 0.1) is 0 Å². The van der Waals surface area contributed by atoms with Crippen LogP contribution in [0.1, 0.15) is 39.5 Å². The molecule has 3 nitrogen and oxygen atoms in total. The van der Waals surface area contributed by atoms with Gasteiger partial charge in [0, 0.05) is 36.6 Å². The van der Waals surface area contributed by atoms with E-state index in [0.717, 1.165) is 38.1 Å². The van der Waals surface area contributed by atoms with Crippen molar-refractivity contribution in [1.29, 1.82) is 0 Å². The number of hydrogen-bond donors (Lipinski definition) is 1. The second kappa shape index (κ2) is 7.17. The average molecular weight is 244 g/mol. The SMILES string of the molecule is CCCC(N)CC(=O)N1CCSC(CC)C1. The number of thioether (sulfide) groups is 1. The summed E-state index contributed by atoms with van der Waals surface area (Å²) in [5, 5.41) is 0.625. The van der Waals surface area contributed by atoms with E-state index in [0.29, 0.717) is 11.7 Å². The fourth-order valence-corrected chi connectivity index (χ4v) is 3.20. The van der Waals surface area contributed by atoms with Crippen molar-refractivity contribution in [3.63, 3.8) is 0 Å². The summed E-state index contributed by atoms with van der Waals surface area (Å²) >= 11 is 1.99. The van der Waals surface area contributed by atoms with Crippen LogP contribution in [0.3, 0.4) is 0 Å². The maximum atomic E-state index is 12.0. The highest BCUT2D eigenvalue weighted by Gasteiger charge is 2.23. The molecule has 0 saturated carbocycles. The molecular formula is C12H24N2OS. The molecule has 1 heterocycles. The molecule has 0 aromatic heterocycles. The third-order valence-corrected chi connectivity index (χ3v) is 4.42. The van der Waals surface area contributed by atoms with Gasteiger partial charge in [-0.2, -0.15) is 11.8 Å². The molecule has 0 aromatic rings. The van der Waals surface area contributed by atoms with Gasteiger partial charge >= 0.3 is 0 Å². The number of nitrogens with two attached hydrogens (primary N) is 1. The van der Waals surface area contributed by atoms with Gasteiger partial charge in [-0.15, -0.1) is 0 Å². The highest BCUT2D eigenvalue weighted by Crippen LogP contribution is 2.21. The van der Waals surface area contributed by atoms with Gasteiger partial charge < -0.3 is 10.6 Å². The molecule has 2 atom stereocenters. The van der Waals surface area contributed by atoms with Crippen molar-refractivity contribution >= 4 is 17.7 Å². The highest BCUT2D eigenvalue weighted by atomic mass is 32.2. The van der Waals surface area contributed by atoms with Gasteiger partial charge in [0.1, 0.15) is 0 Å². The topological polar surface area (TPSA) is 46.3 Å². The van der Waals surface area contributed by atoms with Crippen molar-refractivity contribution in [1.82, 2.24) is 4.90 Å². The third-order valence-electron chi connectivity index (χ3n) is 3.04. The van der Waals surface area contributed by atoms with Crippen LogP contribution in [0.2, 0.25) is 0 Å². The number of hydrogen-bond acceptors (Lipinski definition) is 3. The molecule has 0 bridgehead atoms. The molecule has 1 fully saturated rings. The Morgan fingerprint density at radius 2 is 2.31 bits per heavy atom. The Labute approximate surface area is 103 Å². The highest BCUT2D eigenvalue weighted by molar-refractivity contribution is 8.00. The first-order valence-corrected chi connectivity index (χ1v) is 7.37. The molecular weight excluding hydrogens is 220 g/mol. The van der Waals surface area contributed by atoms with Crippen LogP contribution in [0.15, 0.2) is 0 Å². The minimum absolute atomic E-state index is 0.0483. The first-order valence-electron chi connectivity index (χ1n) is 6.32. The van der Waals surface area contributed by atoms with E-state index in [-0.39, 0.29) is 11.9 Å². The maximum absolute atomic E-state index is 12.0. The Kier molecular flexibility index (Phi) is 6.21. The second-order valence-corrected chi connectivity index (χ2v) is 5.90. The lowest BCUT2D eigenvalue weighted by Gasteiger charge is -2.32. The first kappa shape index (κ1) is 13.8. The van der Waals surface area contributed by atoms with Gasteiger partial charge in [-0.05, 0) is 12.8 Å². The van der Waals surface area contributed by atoms with Crippen molar-refractivity contribution < 1.29 is 4.79 Å². The summed E-state index contributed by atoms with van der Waals surface area (Å²) in [5.74, 6) is 1.33. The average Bonchev–Trinajstić information content (AvgIpc) is 2.29. The van der Waals surface area contributed by atoms with Gasteiger partial charge in [0.2, 0.25) is 5.91 Å². The van der Waals surface area contributed by atoms with Crippen LogP contribution >= 0.6 is 11.8 Å². The number of amides is 1. The Morgan fingerprint density at radius 3 is 2.94 bits per heavy atom. The molecule has 1 saturated heterocycles. The van der Waals surface area contributed by atoms with E-state index < -0.39 is 0 Å². The summed E-state index contributed by atoms with van der Waals surface area (Å²) in [6.45, 7) is 6.11. The van der Waals surface area contributed by atoms with E-state index in [1.165, 1.54) is 0 Å². The molecule has 4 heteroatoms. The van der Waals surface area contributed by atoms with Crippen molar-refractivity contribution in [3.8, 4) is 0 Å². The van der Waals surface area contributed by atoms with E-state index in [4.69, 9.17) is 5.73 Å². The predicted octanol–water partition coefficient (Wildman–Crippen LogP) is 1.86. The zero-order valence-electron chi connectivity index (χ0n) is 10.4. The number of nitrogens with zero attached hydrogens (tertiary/aromatic N) is 1. The van der Waals surface area contributed by atoms with Gasteiger partial charge in [-0.3, -0.25) is 4.79 Å². The summed E-state index contributed by atoms with van der Waals surface area (Å²) in [6, 6.07) is 0.0483. The van der Waals surface area contributed by atoms with Crippen molar-refractivity contribution in [3.05, 3.63) is 0 Å². The van der Waals surface area contributed by atoms with Gasteiger partial charge in [-0.25, -0.2) is 0 Å². The predicted molar refractivity (Wildman–Crippen MR) is 70.6 cm³/mol. The Balaban J connectivity index is 2.35. The second-order valence-electron chi connectivity index (χ2n) is 4.49.